The van der Waals surface area contributed by atoms with Crippen LogP contribution in [0.4, 0.5) is 10.1 Å². The maximum absolute atomic E-state index is 13.7. The first kappa shape index (κ1) is 18.6. The lowest BCUT2D eigenvalue weighted by atomic mass is 10.2. The van der Waals surface area contributed by atoms with Crippen LogP contribution in [0.1, 0.15) is 16.2 Å². The number of halogens is 2. The number of hydrogen-bond acceptors (Lipinski definition) is 5. The van der Waals surface area contributed by atoms with Crippen molar-refractivity contribution in [1.82, 2.24) is 14.1 Å². The number of fused-ring (bicyclic) bond motifs is 1. The number of aromatic nitrogens is 3. The molecule has 0 saturated heterocycles. The van der Waals surface area contributed by atoms with Crippen LogP contribution >= 0.6 is 23.8 Å². The number of ether oxygens (including phenoxy) is 1. The molecular formula is C18H14ClFN4O3S. The molecule has 1 aliphatic heterocycles. The minimum atomic E-state index is -0.722. The Morgan fingerprint density at radius 1 is 1.39 bits per heavy atom. The summed E-state index contributed by atoms with van der Waals surface area (Å²) in [5.74, 6) is -1.46. The second kappa shape index (κ2) is 7.34. The van der Waals surface area contributed by atoms with E-state index in [9.17, 15) is 14.3 Å². The van der Waals surface area contributed by atoms with E-state index in [1.54, 1.807) is 16.7 Å². The predicted molar refractivity (Wildman–Crippen MR) is 103 cm³/mol. The number of hydrogen-bond donors (Lipinski definition) is 2. The molecule has 3 heterocycles. The number of aromatic hydroxyl groups is 1. The Labute approximate surface area is 169 Å². The molecule has 0 aliphatic carbocycles. The summed E-state index contributed by atoms with van der Waals surface area (Å²) in [5.41, 5.74) is 1.06. The highest BCUT2D eigenvalue weighted by Gasteiger charge is 2.22. The normalized spacial score (nSPS) is 13.2. The number of nitrogens with zero attached hydrogens (tertiary/aromatic N) is 3. The number of carbonyl (C=O) groups is 1. The molecule has 1 aromatic carbocycles. The highest BCUT2D eigenvalue weighted by molar-refractivity contribution is 7.71. The minimum absolute atomic E-state index is 0.0426. The molecule has 10 heteroatoms. The van der Waals surface area contributed by atoms with Gasteiger partial charge < -0.3 is 19.7 Å². The maximum Gasteiger partial charge on any atom is 0.277 e. The van der Waals surface area contributed by atoms with E-state index in [4.69, 9.17) is 28.6 Å². The molecule has 144 valence electrons. The van der Waals surface area contributed by atoms with E-state index >= 15 is 0 Å². The van der Waals surface area contributed by atoms with Gasteiger partial charge in [0.25, 0.3) is 5.91 Å². The molecule has 0 fully saturated rings. The number of rotatable bonds is 3. The average molecular weight is 421 g/mol. The summed E-state index contributed by atoms with van der Waals surface area (Å²) in [4.78, 5) is 15.9. The van der Waals surface area contributed by atoms with Crippen molar-refractivity contribution in [2.24, 2.45) is 0 Å². The fraction of sp³-hybridized carbons (Fsp3) is 0.167. The predicted octanol–water partition coefficient (Wildman–Crippen LogP) is 3.68. The van der Waals surface area contributed by atoms with Gasteiger partial charge in [-0.2, -0.15) is 0 Å². The number of amides is 1. The van der Waals surface area contributed by atoms with Crippen LogP contribution < -0.4 is 5.32 Å². The summed E-state index contributed by atoms with van der Waals surface area (Å²) in [6, 6.07) is 7.23. The Bertz CT molecular complexity index is 1140. The smallest absolute Gasteiger partial charge is 0.277 e. The lowest BCUT2D eigenvalue weighted by Crippen LogP contribution is -2.16. The van der Waals surface area contributed by atoms with E-state index in [1.165, 1.54) is 22.9 Å². The van der Waals surface area contributed by atoms with Gasteiger partial charge in [-0.25, -0.2) is 9.37 Å². The molecule has 28 heavy (non-hydrogen) atoms. The van der Waals surface area contributed by atoms with Crippen LogP contribution in [0, 0.1) is 10.6 Å². The number of benzene rings is 1. The fourth-order valence-electron chi connectivity index (χ4n) is 3.00. The second-order valence-corrected chi connectivity index (χ2v) is 6.82. The van der Waals surface area contributed by atoms with Gasteiger partial charge in [-0.1, -0.05) is 11.6 Å². The Hall–Kier alpha value is -2.75. The van der Waals surface area contributed by atoms with Crippen molar-refractivity contribution in [2.45, 2.75) is 13.2 Å². The van der Waals surface area contributed by atoms with Gasteiger partial charge in [0.05, 0.1) is 23.9 Å². The Morgan fingerprint density at radius 2 is 2.21 bits per heavy atom. The van der Waals surface area contributed by atoms with E-state index in [0.717, 1.165) is 6.07 Å². The fourth-order valence-corrected chi connectivity index (χ4v) is 3.65. The third kappa shape index (κ3) is 3.17. The number of carbonyl (C=O) groups excluding carboxylic acids is 1. The summed E-state index contributed by atoms with van der Waals surface area (Å²) in [5, 5.41) is 13.3. The Kier molecular flexibility index (Phi) is 4.88. The SMILES string of the molecule is O=C(Nc1ccc(-n2c(O)c3n(c2=S)CCOC3)c(Cl)c1)c1ncccc1F. The number of nitrogens with one attached hydrogen (secondary N) is 1. The van der Waals surface area contributed by atoms with Crippen molar-refractivity contribution in [1.29, 1.82) is 0 Å². The summed E-state index contributed by atoms with van der Waals surface area (Å²) < 4.78 is 22.7. The molecule has 1 amide bonds. The number of imidazole rings is 1. The molecule has 4 rings (SSSR count). The molecule has 0 saturated carbocycles. The average Bonchev–Trinajstić information content (AvgIpc) is 2.93. The summed E-state index contributed by atoms with van der Waals surface area (Å²) in [6.07, 6.45) is 1.33. The molecule has 2 N–H and O–H groups in total. The zero-order valence-corrected chi connectivity index (χ0v) is 15.9. The van der Waals surface area contributed by atoms with Crippen LogP contribution in [0.15, 0.2) is 36.5 Å². The first-order valence-electron chi connectivity index (χ1n) is 8.30. The lowest BCUT2D eigenvalue weighted by Gasteiger charge is -2.14. The monoisotopic (exact) mass is 420 g/mol. The quantitative estimate of drug-likeness (QED) is 0.632. The Balaban J connectivity index is 1.66. The van der Waals surface area contributed by atoms with Crippen molar-refractivity contribution in [3.63, 3.8) is 0 Å². The molecule has 0 unspecified atom stereocenters. The maximum atomic E-state index is 13.7. The molecule has 0 bridgehead atoms. The highest BCUT2D eigenvalue weighted by atomic mass is 35.5. The van der Waals surface area contributed by atoms with Gasteiger partial charge in [-0.15, -0.1) is 0 Å². The first-order valence-corrected chi connectivity index (χ1v) is 9.09. The van der Waals surface area contributed by atoms with Crippen LogP contribution in [0.25, 0.3) is 5.69 Å². The van der Waals surface area contributed by atoms with Gasteiger partial charge in [0.2, 0.25) is 5.88 Å². The lowest BCUT2D eigenvalue weighted by molar-refractivity contribution is 0.0825. The summed E-state index contributed by atoms with van der Waals surface area (Å²) in [6.45, 7) is 1.30. The van der Waals surface area contributed by atoms with Crippen molar-refractivity contribution in [2.75, 3.05) is 11.9 Å². The van der Waals surface area contributed by atoms with Crippen LogP contribution in [-0.4, -0.2) is 31.7 Å². The molecule has 0 atom stereocenters. The topological polar surface area (TPSA) is 81.3 Å². The standard InChI is InChI=1S/C18H14ClFN4O3S/c19-11-8-10(22-16(25)15-12(20)2-1-5-21-15)3-4-13(11)24-17(26)14-9-27-7-6-23(14)18(24)28/h1-5,8,26H,6-7,9H2,(H,22,25). The highest BCUT2D eigenvalue weighted by Crippen LogP contribution is 2.32. The van der Waals surface area contributed by atoms with E-state index in [1.807, 2.05) is 0 Å². The largest absolute Gasteiger partial charge is 0.493 e. The molecule has 1 aliphatic rings. The summed E-state index contributed by atoms with van der Waals surface area (Å²) in [7, 11) is 0. The molecule has 0 radical (unpaired) electrons. The zero-order valence-electron chi connectivity index (χ0n) is 14.4. The van der Waals surface area contributed by atoms with Crippen LogP contribution in [0.2, 0.25) is 5.02 Å². The van der Waals surface area contributed by atoms with E-state index in [2.05, 4.69) is 10.3 Å². The third-order valence-electron chi connectivity index (χ3n) is 4.34. The second-order valence-electron chi connectivity index (χ2n) is 6.05. The summed E-state index contributed by atoms with van der Waals surface area (Å²) >= 11 is 11.8. The first-order chi connectivity index (χ1) is 13.5. The molecule has 2 aromatic heterocycles. The number of pyridine rings is 1. The van der Waals surface area contributed by atoms with Gasteiger partial charge in [0, 0.05) is 18.4 Å². The van der Waals surface area contributed by atoms with Gasteiger partial charge in [0.15, 0.2) is 16.3 Å². The molecule has 3 aromatic rings. The van der Waals surface area contributed by atoms with Crippen LogP contribution in [0.3, 0.4) is 0 Å². The van der Waals surface area contributed by atoms with E-state index in [-0.39, 0.29) is 23.2 Å². The third-order valence-corrected chi connectivity index (χ3v) is 5.04. The van der Waals surface area contributed by atoms with Crippen molar-refractivity contribution < 1.29 is 19.0 Å². The van der Waals surface area contributed by atoms with Crippen LogP contribution in [-0.2, 0) is 17.9 Å². The van der Waals surface area contributed by atoms with Crippen molar-refractivity contribution in [3.05, 3.63) is 63.5 Å². The van der Waals surface area contributed by atoms with Gasteiger partial charge in [0.1, 0.15) is 5.69 Å². The number of anilines is 1. The van der Waals surface area contributed by atoms with Gasteiger partial charge in [-0.05, 0) is 42.5 Å². The van der Waals surface area contributed by atoms with E-state index < -0.39 is 11.7 Å². The van der Waals surface area contributed by atoms with Crippen molar-refractivity contribution >= 4 is 35.4 Å². The molecule has 7 nitrogen and oxygen atoms in total. The zero-order chi connectivity index (χ0) is 19.8. The molecular weight excluding hydrogens is 407 g/mol. The molecule has 0 spiro atoms. The Morgan fingerprint density at radius 3 is 2.93 bits per heavy atom. The van der Waals surface area contributed by atoms with Gasteiger partial charge >= 0.3 is 0 Å². The van der Waals surface area contributed by atoms with Gasteiger partial charge in [-0.3, -0.25) is 9.36 Å². The van der Waals surface area contributed by atoms with Crippen molar-refractivity contribution in [3.8, 4) is 11.6 Å². The van der Waals surface area contributed by atoms with Crippen LogP contribution in [0.5, 0.6) is 5.88 Å². The van der Waals surface area contributed by atoms with E-state index in [0.29, 0.717) is 35.0 Å². The minimum Gasteiger partial charge on any atom is -0.493 e.